The van der Waals surface area contributed by atoms with E-state index in [1.165, 1.54) is 32.4 Å². The third-order valence-electron chi connectivity index (χ3n) is 4.19. The zero-order chi connectivity index (χ0) is 10.2. The zero-order valence-electron chi connectivity index (χ0n) is 9.38. The van der Waals surface area contributed by atoms with Gasteiger partial charge in [0, 0.05) is 6.42 Å². The molecule has 2 aliphatic rings. The highest BCUT2D eigenvalue weighted by Gasteiger charge is 2.53. The van der Waals surface area contributed by atoms with Gasteiger partial charge >= 0.3 is 0 Å². The van der Waals surface area contributed by atoms with Gasteiger partial charge in [0.05, 0.1) is 0 Å². The maximum absolute atomic E-state index is 10.9. The SMILES string of the molecule is CC(=O)CCC1CC12CCN(C)CC2. The molecule has 0 radical (unpaired) electrons. The van der Waals surface area contributed by atoms with Crippen molar-refractivity contribution in [2.45, 2.75) is 39.0 Å². The summed E-state index contributed by atoms with van der Waals surface area (Å²) in [4.78, 5) is 13.3. The molecule has 1 unspecified atom stereocenters. The third kappa shape index (κ3) is 2.00. The van der Waals surface area contributed by atoms with Crippen LogP contribution in [0.4, 0.5) is 0 Å². The lowest BCUT2D eigenvalue weighted by Gasteiger charge is -2.30. The van der Waals surface area contributed by atoms with E-state index in [0.29, 0.717) is 11.2 Å². The zero-order valence-corrected chi connectivity index (χ0v) is 9.38. The van der Waals surface area contributed by atoms with Gasteiger partial charge in [-0.15, -0.1) is 0 Å². The molecule has 2 rings (SSSR count). The molecule has 1 spiro atoms. The Bertz CT molecular complexity index is 228. The number of ketones is 1. The molecule has 0 aromatic heterocycles. The van der Waals surface area contributed by atoms with Crippen molar-refractivity contribution in [3.05, 3.63) is 0 Å². The number of hydrogen-bond donors (Lipinski definition) is 0. The highest BCUT2D eigenvalue weighted by molar-refractivity contribution is 5.75. The van der Waals surface area contributed by atoms with Crippen molar-refractivity contribution in [2.24, 2.45) is 11.3 Å². The molecule has 1 atom stereocenters. The van der Waals surface area contributed by atoms with Crippen LogP contribution in [0.15, 0.2) is 0 Å². The minimum atomic E-state index is 0.361. The summed E-state index contributed by atoms with van der Waals surface area (Å²) in [6.45, 7) is 4.23. The second-order valence-electron chi connectivity index (χ2n) is 5.31. The van der Waals surface area contributed by atoms with E-state index in [-0.39, 0.29) is 0 Å². The van der Waals surface area contributed by atoms with E-state index >= 15 is 0 Å². The number of carbonyl (C=O) groups is 1. The lowest BCUT2D eigenvalue weighted by molar-refractivity contribution is -0.117. The molecule has 80 valence electrons. The maximum atomic E-state index is 10.9. The van der Waals surface area contributed by atoms with E-state index in [1.54, 1.807) is 6.92 Å². The molecule has 1 aliphatic heterocycles. The molecule has 2 fully saturated rings. The van der Waals surface area contributed by atoms with E-state index < -0.39 is 0 Å². The Morgan fingerprint density at radius 1 is 1.43 bits per heavy atom. The minimum Gasteiger partial charge on any atom is -0.306 e. The van der Waals surface area contributed by atoms with Crippen LogP contribution in [-0.4, -0.2) is 30.8 Å². The molecule has 0 bridgehead atoms. The fraction of sp³-hybridized carbons (Fsp3) is 0.917. The van der Waals surface area contributed by atoms with Crippen LogP contribution in [0.25, 0.3) is 0 Å². The summed E-state index contributed by atoms with van der Waals surface area (Å²) in [5, 5.41) is 0. The lowest BCUT2D eigenvalue weighted by atomic mass is 9.89. The van der Waals surface area contributed by atoms with E-state index in [0.717, 1.165) is 18.8 Å². The van der Waals surface area contributed by atoms with E-state index in [4.69, 9.17) is 0 Å². The highest BCUT2D eigenvalue weighted by atomic mass is 16.1. The third-order valence-corrected chi connectivity index (χ3v) is 4.19. The van der Waals surface area contributed by atoms with Gasteiger partial charge in [-0.05, 0) is 64.1 Å². The van der Waals surface area contributed by atoms with Crippen molar-refractivity contribution in [2.75, 3.05) is 20.1 Å². The van der Waals surface area contributed by atoms with Gasteiger partial charge < -0.3 is 9.69 Å². The van der Waals surface area contributed by atoms with Gasteiger partial charge in [0.2, 0.25) is 0 Å². The van der Waals surface area contributed by atoms with Crippen molar-refractivity contribution in [1.82, 2.24) is 4.90 Å². The van der Waals surface area contributed by atoms with Gasteiger partial charge in [-0.2, -0.15) is 0 Å². The molecule has 0 amide bonds. The molecule has 2 heteroatoms. The second-order valence-corrected chi connectivity index (χ2v) is 5.31. The Labute approximate surface area is 86.7 Å². The predicted molar refractivity (Wildman–Crippen MR) is 57.2 cm³/mol. The van der Waals surface area contributed by atoms with Crippen molar-refractivity contribution >= 4 is 5.78 Å². The smallest absolute Gasteiger partial charge is 0.129 e. The average molecular weight is 195 g/mol. The largest absolute Gasteiger partial charge is 0.306 e. The molecule has 2 nitrogen and oxygen atoms in total. The Morgan fingerprint density at radius 2 is 2.07 bits per heavy atom. The summed E-state index contributed by atoms with van der Waals surface area (Å²) in [6, 6.07) is 0. The van der Waals surface area contributed by atoms with Crippen LogP contribution in [0.1, 0.15) is 39.0 Å². The molecule has 1 aliphatic carbocycles. The molecule has 0 N–H and O–H groups in total. The fourth-order valence-electron chi connectivity index (χ4n) is 2.89. The van der Waals surface area contributed by atoms with Crippen LogP contribution in [0.5, 0.6) is 0 Å². The molecule has 0 aromatic carbocycles. The van der Waals surface area contributed by atoms with Gasteiger partial charge in [0.25, 0.3) is 0 Å². The van der Waals surface area contributed by atoms with Crippen LogP contribution >= 0.6 is 0 Å². The monoisotopic (exact) mass is 195 g/mol. The summed E-state index contributed by atoms with van der Waals surface area (Å²) >= 11 is 0. The van der Waals surface area contributed by atoms with Gasteiger partial charge in [-0.1, -0.05) is 0 Å². The standard InChI is InChI=1S/C12H21NO/c1-10(14)3-4-11-9-12(11)5-7-13(2)8-6-12/h11H,3-9H2,1-2H3. The normalized spacial score (nSPS) is 30.6. The summed E-state index contributed by atoms with van der Waals surface area (Å²) < 4.78 is 0. The quantitative estimate of drug-likeness (QED) is 0.687. The number of nitrogens with zero attached hydrogens (tertiary/aromatic N) is 1. The van der Waals surface area contributed by atoms with E-state index in [2.05, 4.69) is 11.9 Å². The Balaban J connectivity index is 1.76. The van der Waals surface area contributed by atoms with Crippen LogP contribution in [-0.2, 0) is 4.79 Å². The molecule has 0 aromatic rings. The molecule has 1 saturated carbocycles. The molecular weight excluding hydrogens is 174 g/mol. The van der Waals surface area contributed by atoms with Crippen LogP contribution in [0.2, 0.25) is 0 Å². The molecule has 1 heterocycles. The number of Topliss-reactive ketones (excluding diaryl/α,β-unsaturated/α-hetero) is 1. The first-order valence-electron chi connectivity index (χ1n) is 5.80. The summed E-state index contributed by atoms with van der Waals surface area (Å²) in [5.41, 5.74) is 0.669. The van der Waals surface area contributed by atoms with E-state index in [9.17, 15) is 4.79 Å². The van der Waals surface area contributed by atoms with Crippen molar-refractivity contribution in [3.63, 3.8) is 0 Å². The van der Waals surface area contributed by atoms with Crippen molar-refractivity contribution < 1.29 is 4.79 Å². The molecule has 14 heavy (non-hydrogen) atoms. The van der Waals surface area contributed by atoms with Crippen LogP contribution in [0, 0.1) is 11.3 Å². The number of rotatable bonds is 3. The summed E-state index contributed by atoms with van der Waals surface area (Å²) in [7, 11) is 2.21. The van der Waals surface area contributed by atoms with Crippen molar-refractivity contribution in [1.29, 1.82) is 0 Å². The Hall–Kier alpha value is -0.370. The predicted octanol–water partition coefficient (Wildman–Crippen LogP) is 2.09. The first-order chi connectivity index (χ1) is 6.62. The van der Waals surface area contributed by atoms with Gasteiger partial charge in [0.1, 0.15) is 5.78 Å². The Morgan fingerprint density at radius 3 is 2.64 bits per heavy atom. The van der Waals surface area contributed by atoms with Gasteiger partial charge in [-0.25, -0.2) is 0 Å². The van der Waals surface area contributed by atoms with Gasteiger partial charge in [-0.3, -0.25) is 0 Å². The Kier molecular flexibility index (Phi) is 2.65. The lowest BCUT2D eigenvalue weighted by Crippen LogP contribution is -2.31. The summed E-state index contributed by atoms with van der Waals surface area (Å²) in [6.07, 6.45) is 6.09. The first-order valence-corrected chi connectivity index (χ1v) is 5.80. The van der Waals surface area contributed by atoms with E-state index in [1.807, 2.05) is 0 Å². The second kappa shape index (κ2) is 3.65. The van der Waals surface area contributed by atoms with Gasteiger partial charge in [0.15, 0.2) is 0 Å². The fourth-order valence-corrected chi connectivity index (χ4v) is 2.89. The van der Waals surface area contributed by atoms with Crippen molar-refractivity contribution in [3.8, 4) is 0 Å². The number of likely N-dealkylation sites (tertiary alicyclic amines) is 1. The molecular formula is C12H21NO. The average Bonchev–Trinajstić information content (AvgIpc) is 2.82. The number of piperidine rings is 1. The maximum Gasteiger partial charge on any atom is 0.129 e. The summed E-state index contributed by atoms with van der Waals surface area (Å²) in [5.74, 6) is 1.24. The molecule has 1 saturated heterocycles. The number of carbonyl (C=O) groups excluding carboxylic acids is 1. The topological polar surface area (TPSA) is 20.3 Å². The van der Waals surface area contributed by atoms with Crippen LogP contribution in [0.3, 0.4) is 0 Å². The van der Waals surface area contributed by atoms with Crippen LogP contribution < -0.4 is 0 Å². The highest BCUT2D eigenvalue weighted by Crippen LogP contribution is 2.61. The number of hydrogen-bond acceptors (Lipinski definition) is 2. The first kappa shape index (κ1) is 10.2. The minimum absolute atomic E-state index is 0.361.